The molecule has 0 aliphatic carbocycles. The SMILES string of the molecule is CC1(C)CSC(Nc2cc(F)cc(Cl)c2)=N1. The van der Waals surface area contributed by atoms with Crippen LogP contribution >= 0.6 is 23.4 Å². The van der Waals surface area contributed by atoms with Gasteiger partial charge in [0.05, 0.1) is 5.54 Å². The summed E-state index contributed by atoms with van der Waals surface area (Å²) in [6.07, 6.45) is 0. The first-order valence-electron chi connectivity index (χ1n) is 4.90. The van der Waals surface area contributed by atoms with Gasteiger partial charge < -0.3 is 5.32 Å². The first-order valence-corrected chi connectivity index (χ1v) is 6.27. The number of aliphatic imine (C=N–C) groups is 1. The average Bonchev–Trinajstić information content (AvgIpc) is 2.43. The number of thioether (sulfide) groups is 1. The lowest BCUT2D eigenvalue weighted by atomic mass is 10.1. The molecule has 16 heavy (non-hydrogen) atoms. The van der Waals surface area contributed by atoms with Crippen LogP contribution in [0, 0.1) is 5.82 Å². The Balaban J connectivity index is 2.16. The van der Waals surface area contributed by atoms with Crippen molar-refractivity contribution in [2.24, 2.45) is 4.99 Å². The van der Waals surface area contributed by atoms with Gasteiger partial charge in [-0.3, -0.25) is 4.99 Å². The predicted octanol–water partition coefficient (Wildman–Crippen LogP) is 3.77. The largest absolute Gasteiger partial charge is 0.335 e. The smallest absolute Gasteiger partial charge is 0.161 e. The van der Waals surface area contributed by atoms with Gasteiger partial charge in [0, 0.05) is 16.5 Å². The predicted molar refractivity (Wildman–Crippen MR) is 69.0 cm³/mol. The second-order valence-electron chi connectivity index (χ2n) is 4.30. The summed E-state index contributed by atoms with van der Waals surface area (Å²) in [7, 11) is 0. The first kappa shape index (κ1) is 11.7. The molecule has 1 aromatic carbocycles. The Hall–Kier alpha value is -0.740. The van der Waals surface area contributed by atoms with Gasteiger partial charge >= 0.3 is 0 Å². The molecule has 86 valence electrons. The average molecular weight is 259 g/mol. The minimum absolute atomic E-state index is 0.0515. The van der Waals surface area contributed by atoms with E-state index in [1.165, 1.54) is 12.1 Å². The van der Waals surface area contributed by atoms with Gasteiger partial charge in [-0.2, -0.15) is 0 Å². The molecular formula is C11H12ClFN2S. The summed E-state index contributed by atoms with van der Waals surface area (Å²) < 4.78 is 13.1. The summed E-state index contributed by atoms with van der Waals surface area (Å²) in [5.41, 5.74) is 0.582. The molecule has 1 aliphatic heterocycles. The highest BCUT2D eigenvalue weighted by atomic mass is 35.5. The fraction of sp³-hybridized carbons (Fsp3) is 0.364. The number of halogens is 2. The summed E-state index contributed by atoms with van der Waals surface area (Å²) in [5, 5.41) is 4.26. The van der Waals surface area contributed by atoms with Crippen LogP contribution in [0.15, 0.2) is 23.2 Å². The third-order valence-corrected chi connectivity index (χ3v) is 3.62. The van der Waals surface area contributed by atoms with Crippen LogP contribution in [0.4, 0.5) is 10.1 Å². The van der Waals surface area contributed by atoms with Crippen LogP contribution in [-0.4, -0.2) is 16.5 Å². The maximum absolute atomic E-state index is 13.1. The highest BCUT2D eigenvalue weighted by molar-refractivity contribution is 8.14. The Morgan fingerprint density at radius 1 is 1.44 bits per heavy atom. The lowest BCUT2D eigenvalue weighted by molar-refractivity contribution is 0.605. The van der Waals surface area contributed by atoms with Gasteiger partial charge in [-0.15, -0.1) is 0 Å². The number of benzene rings is 1. The van der Waals surface area contributed by atoms with E-state index in [9.17, 15) is 4.39 Å². The maximum Gasteiger partial charge on any atom is 0.161 e. The zero-order valence-electron chi connectivity index (χ0n) is 9.05. The van der Waals surface area contributed by atoms with Crippen molar-refractivity contribution >= 4 is 34.2 Å². The summed E-state index contributed by atoms with van der Waals surface area (Å²) in [5.74, 6) is 0.580. The topological polar surface area (TPSA) is 24.4 Å². The van der Waals surface area contributed by atoms with E-state index in [1.807, 2.05) is 0 Å². The van der Waals surface area contributed by atoms with Crippen molar-refractivity contribution in [3.63, 3.8) is 0 Å². The standard InChI is InChI=1S/C11H12ClFN2S/c1-11(2)6-16-10(15-11)14-9-4-7(12)3-8(13)5-9/h3-5H,6H2,1-2H3,(H,14,15). The molecule has 0 saturated carbocycles. The Labute approximate surface area is 103 Å². The van der Waals surface area contributed by atoms with E-state index < -0.39 is 0 Å². The molecule has 0 unspecified atom stereocenters. The molecule has 1 heterocycles. The van der Waals surface area contributed by atoms with Gasteiger partial charge in [-0.1, -0.05) is 23.4 Å². The van der Waals surface area contributed by atoms with E-state index in [4.69, 9.17) is 11.6 Å². The molecule has 0 saturated heterocycles. The van der Waals surface area contributed by atoms with Gasteiger partial charge in [0.25, 0.3) is 0 Å². The van der Waals surface area contributed by atoms with Crippen LogP contribution in [0.3, 0.4) is 0 Å². The fourth-order valence-electron chi connectivity index (χ4n) is 1.40. The summed E-state index contributed by atoms with van der Waals surface area (Å²) in [6, 6.07) is 4.36. The van der Waals surface area contributed by atoms with Gasteiger partial charge in [-0.25, -0.2) is 4.39 Å². The number of nitrogens with one attached hydrogen (secondary N) is 1. The zero-order chi connectivity index (χ0) is 11.8. The number of rotatable bonds is 1. The van der Waals surface area contributed by atoms with Gasteiger partial charge in [0.15, 0.2) is 5.17 Å². The van der Waals surface area contributed by atoms with Crippen molar-refractivity contribution in [2.75, 3.05) is 11.1 Å². The Morgan fingerprint density at radius 3 is 2.75 bits per heavy atom. The lowest BCUT2D eigenvalue weighted by Crippen LogP contribution is -2.15. The lowest BCUT2D eigenvalue weighted by Gasteiger charge is -2.09. The van der Waals surface area contributed by atoms with Crippen molar-refractivity contribution in [1.29, 1.82) is 0 Å². The van der Waals surface area contributed by atoms with Crippen molar-refractivity contribution in [3.8, 4) is 0 Å². The molecule has 2 rings (SSSR count). The van der Waals surface area contributed by atoms with E-state index in [0.29, 0.717) is 10.7 Å². The number of hydrogen-bond donors (Lipinski definition) is 1. The molecule has 1 N–H and O–H groups in total. The monoisotopic (exact) mass is 258 g/mol. The van der Waals surface area contributed by atoms with Crippen molar-refractivity contribution in [2.45, 2.75) is 19.4 Å². The summed E-state index contributed by atoms with van der Waals surface area (Å²) in [4.78, 5) is 4.48. The van der Waals surface area contributed by atoms with E-state index in [2.05, 4.69) is 24.2 Å². The first-order chi connectivity index (χ1) is 7.44. The molecule has 1 aromatic rings. The third-order valence-electron chi connectivity index (χ3n) is 2.08. The van der Waals surface area contributed by atoms with Crippen LogP contribution in [0.2, 0.25) is 5.02 Å². The fourth-order valence-corrected chi connectivity index (χ4v) is 2.68. The number of anilines is 1. The van der Waals surface area contributed by atoms with Crippen molar-refractivity contribution < 1.29 is 4.39 Å². The van der Waals surface area contributed by atoms with Crippen LogP contribution in [0.5, 0.6) is 0 Å². The summed E-state index contributed by atoms with van der Waals surface area (Å²) in [6.45, 7) is 4.13. The molecule has 0 radical (unpaired) electrons. The molecular weight excluding hydrogens is 247 g/mol. The highest BCUT2D eigenvalue weighted by Gasteiger charge is 2.25. The molecule has 0 spiro atoms. The molecule has 5 heteroatoms. The van der Waals surface area contributed by atoms with E-state index in [0.717, 1.165) is 10.9 Å². The molecule has 0 amide bonds. The number of amidine groups is 1. The second kappa shape index (κ2) is 4.26. The summed E-state index contributed by atoms with van der Waals surface area (Å²) >= 11 is 7.39. The Bertz CT molecular complexity index is 425. The maximum atomic E-state index is 13.1. The van der Waals surface area contributed by atoms with Crippen molar-refractivity contribution in [3.05, 3.63) is 29.0 Å². The van der Waals surface area contributed by atoms with Gasteiger partial charge in [0.1, 0.15) is 5.82 Å². The molecule has 2 nitrogen and oxygen atoms in total. The minimum Gasteiger partial charge on any atom is -0.335 e. The van der Waals surface area contributed by atoms with Gasteiger partial charge in [0.2, 0.25) is 0 Å². The highest BCUT2D eigenvalue weighted by Crippen LogP contribution is 2.28. The van der Waals surface area contributed by atoms with Crippen LogP contribution in [-0.2, 0) is 0 Å². The number of nitrogens with zero attached hydrogens (tertiary/aromatic N) is 1. The minimum atomic E-state index is -0.349. The van der Waals surface area contributed by atoms with Crippen molar-refractivity contribution in [1.82, 2.24) is 0 Å². The van der Waals surface area contributed by atoms with Gasteiger partial charge in [-0.05, 0) is 32.0 Å². The van der Waals surface area contributed by atoms with Crippen LogP contribution < -0.4 is 5.32 Å². The second-order valence-corrected chi connectivity index (χ2v) is 5.70. The Morgan fingerprint density at radius 2 is 2.19 bits per heavy atom. The quantitative estimate of drug-likeness (QED) is 0.829. The zero-order valence-corrected chi connectivity index (χ0v) is 10.6. The molecule has 0 bridgehead atoms. The number of hydrogen-bond acceptors (Lipinski definition) is 3. The van der Waals surface area contributed by atoms with Crippen LogP contribution in [0.1, 0.15) is 13.8 Å². The molecule has 1 aliphatic rings. The van der Waals surface area contributed by atoms with E-state index >= 15 is 0 Å². The molecule has 0 fully saturated rings. The normalized spacial score (nSPS) is 18.4. The molecule has 0 aromatic heterocycles. The third kappa shape index (κ3) is 2.89. The molecule has 0 atom stereocenters. The Kier molecular flexibility index (Phi) is 3.13. The van der Waals surface area contributed by atoms with E-state index in [1.54, 1.807) is 17.8 Å². The van der Waals surface area contributed by atoms with Crippen LogP contribution in [0.25, 0.3) is 0 Å². The van der Waals surface area contributed by atoms with E-state index in [-0.39, 0.29) is 11.4 Å².